The maximum absolute atomic E-state index is 11.9. The number of rotatable bonds is 10. The average molecular weight is 314 g/mol. The molecule has 0 bridgehead atoms. The standard InChI is InChI=1S/C14H22N2O4S/c1-2-10-16-21(19,20)13-8-6-12(7-9-13)15-11-4-3-5-14(17)18/h6-9,15-16H,2-5,10-11H2,1H3,(H,17,18). The number of unbranched alkanes of at least 4 members (excludes halogenated alkanes) is 1. The van der Waals surface area contributed by atoms with Crippen LogP contribution < -0.4 is 10.0 Å². The fourth-order valence-electron chi connectivity index (χ4n) is 1.71. The number of sulfonamides is 1. The van der Waals surface area contributed by atoms with Gasteiger partial charge in [0.05, 0.1) is 4.90 Å². The molecule has 0 spiro atoms. The zero-order valence-corrected chi connectivity index (χ0v) is 12.9. The van der Waals surface area contributed by atoms with Gasteiger partial charge in [-0.25, -0.2) is 13.1 Å². The van der Waals surface area contributed by atoms with Gasteiger partial charge in [0.25, 0.3) is 0 Å². The number of carboxylic acid groups (broad SMARTS) is 1. The Morgan fingerprint density at radius 3 is 2.38 bits per heavy atom. The molecule has 7 heteroatoms. The summed E-state index contributed by atoms with van der Waals surface area (Å²) in [7, 11) is -3.42. The maximum atomic E-state index is 11.9. The lowest BCUT2D eigenvalue weighted by Gasteiger charge is -2.08. The van der Waals surface area contributed by atoms with Crippen LogP contribution in [0.25, 0.3) is 0 Å². The van der Waals surface area contributed by atoms with E-state index in [9.17, 15) is 13.2 Å². The topological polar surface area (TPSA) is 95.5 Å². The quantitative estimate of drug-likeness (QED) is 0.574. The van der Waals surface area contributed by atoms with E-state index in [0.29, 0.717) is 19.5 Å². The second-order valence-electron chi connectivity index (χ2n) is 4.70. The normalized spacial score (nSPS) is 11.3. The van der Waals surface area contributed by atoms with Crippen LogP contribution in [0.3, 0.4) is 0 Å². The smallest absolute Gasteiger partial charge is 0.303 e. The third kappa shape index (κ3) is 6.59. The van der Waals surface area contributed by atoms with Crippen molar-refractivity contribution in [3.8, 4) is 0 Å². The first-order valence-electron chi connectivity index (χ1n) is 7.01. The number of benzene rings is 1. The minimum atomic E-state index is -3.42. The zero-order valence-electron chi connectivity index (χ0n) is 12.1. The van der Waals surface area contributed by atoms with Crippen molar-refractivity contribution in [2.75, 3.05) is 18.4 Å². The summed E-state index contributed by atoms with van der Waals surface area (Å²) in [6.07, 6.45) is 2.29. The minimum absolute atomic E-state index is 0.169. The number of hydrogen-bond acceptors (Lipinski definition) is 4. The van der Waals surface area contributed by atoms with Gasteiger partial charge in [-0.05, 0) is 43.5 Å². The molecule has 6 nitrogen and oxygen atoms in total. The number of anilines is 1. The van der Waals surface area contributed by atoms with E-state index in [0.717, 1.165) is 18.5 Å². The lowest BCUT2D eigenvalue weighted by atomic mass is 10.2. The molecule has 0 radical (unpaired) electrons. The molecule has 0 atom stereocenters. The Bertz CT molecular complexity index is 541. The second-order valence-corrected chi connectivity index (χ2v) is 6.47. The van der Waals surface area contributed by atoms with Gasteiger partial charge in [-0.15, -0.1) is 0 Å². The Balaban J connectivity index is 2.45. The summed E-state index contributed by atoms with van der Waals surface area (Å²) in [5.41, 5.74) is 0.819. The largest absolute Gasteiger partial charge is 0.481 e. The predicted octanol–water partition coefficient (Wildman–Crippen LogP) is 2.04. The SMILES string of the molecule is CCCNS(=O)(=O)c1ccc(NCCCCC(=O)O)cc1. The average Bonchev–Trinajstić information content (AvgIpc) is 2.45. The molecule has 0 aliphatic heterocycles. The zero-order chi connectivity index (χ0) is 15.7. The highest BCUT2D eigenvalue weighted by Gasteiger charge is 2.12. The first kappa shape index (κ1) is 17.5. The van der Waals surface area contributed by atoms with Crippen molar-refractivity contribution in [1.82, 2.24) is 4.72 Å². The molecule has 118 valence electrons. The molecule has 3 N–H and O–H groups in total. The van der Waals surface area contributed by atoms with Gasteiger partial charge in [0.15, 0.2) is 0 Å². The Hall–Kier alpha value is -1.60. The highest BCUT2D eigenvalue weighted by Crippen LogP contribution is 2.14. The summed E-state index contributed by atoms with van der Waals surface area (Å²) >= 11 is 0. The lowest BCUT2D eigenvalue weighted by Crippen LogP contribution is -2.24. The van der Waals surface area contributed by atoms with Crippen molar-refractivity contribution in [3.05, 3.63) is 24.3 Å². The number of nitrogens with one attached hydrogen (secondary N) is 2. The van der Waals surface area contributed by atoms with Crippen LogP contribution in [-0.4, -0.2) is 32.6 Å². The molecule has 1 aromatic carbocycles. The summed E-state index contributed by atoms with van der Waals surface area (Å²) in [6, 6.07) is 6.52. The Morgan fingerprint density at radius 1 is 1.14 bits per heavy atom. The third-order valence-electron chi connectivity index (χ3n) is 2.85. The molecule has 0 amide bonds. The van der Waals surface area contributed by atoms with Crippen LogP contribution >= 0.6 is 0 Å². The molecule has 0 aliphatic rings. The molecule has 0 fully saturated rings. The van der Waals surface area contributed by atoms with Gasteiger partial charge >= 0.3 is 5.97 Å². The van der Waals surface area contributed by atoms with Crippen LogP contribution in [0.4, 0.5) is 5.69 Å². The molecule has 0 aliphatic carbocycles. The van der Waals surface area contributed by atoms with Crippen LogP contribution in [0.2, 0.25) is 0 Å². The van der Waals surface area contributed by atoms with Crippen molar-refractivity contribution >= 4 is 21.7 Å². The number of carbonyl (C=O) groups is 1. The van der Waals surface area contributed by atoms with E-state index in [4.69, 9.17) is 5.11 Å². The summed E-state index contributed by atoms with van der Waals surface area (Å²) < 4.78 is 26.3. The fraction of sp³-hybridized carbons (Fsp3) is 0.500. The Morgan fingerprint density at radius 2 is 1.81 bits per heavy atom. The molecule has 0 aromatic heterocycles. The highest BCUT2D eigenvalue weighted by molar-refractivity contribution is 7.89. The lowest BCUT2D eigenvalue weighted by molar-refractivity contribution is -0.137. The molecule has 0 heterocycles. The summed E-state index contributed by atoms with van der Waals surface area (Å²) in [4.78, 5) is 10.6. The van der Waals surface area contributed by atoms with E-state index in [1.54, 1.807) is 24.3 Å². The first-order chi connectivity index (χ1) is 9.95. The molecule has 0 saturated heterocycles. The van der Waals surface area contributed by atoms with E-state index in [-0.39, 0.29) is 11.3 Å². The summed E-state index contributed by atoms with van der Waals surface area (Å²) in [6.45, 7) is 2.99. The van der Waals surface area contributed by atoms with Crippen LogP contribution in [0, 0.1) is 0 Å². The Kier molecular flexibility index (Phi) is 7.18. The minimum Gasteiger partial charge on any atom is -0.481 e. The molecular weight excluding hydrogens is 292 g/mol. The van der Waals surface area contributed by atoms with Crippen molar-refractivity contribution in [1.29, 1.82) is 0 Å². The first-order valence-corrected chi connectivity index (χ1v) is 8.49. The van der Waals surface area contributed by atoms with E-state index < -0.39 is 16.0 Å². The van der Waals surface area contributed by atoms with Gasteiger partial charge in [-0.1, -0.05) is 6.92 Å². The van der Waals surface area contributed by atoms with Crippen molar-refractivity contribution in [3.63, 3.8) is 0 Å². The molecule has 0 saturated carbocycles. The summed E-state index contributed by atoms with van der Waals surface area (Å²) in [5.74, 6) is -0.788. The third-order valence-corrected chi connectivity index (χ3v) is 4.33. The van der Waals surface area contributed by atoms with Gasteiger partial charge in [0.1, 0.15) is 0 Å². The maximum Gasteiger partial charge on any atom is 0.303 e. The van der Waals surface area contributed by atoms with Crippen LogP contribution in [0.5, 0.6) is 0 Å². The van der Waals surface area contributed by atoms with Crippen LogP contribution in [-0.2, 0) is 14.8 Å². The van der Waals surface area contributed by atoms with Gasteiger partial charge < -0.3 is 10.4 Å². The number of aliphatic carboxylic acids is 1. The molecular formula is C14H22N2O4S. The molecule has 1 rings (SSSR count). The van der Waals surface area contributed by atoms with Crippen LogP contribution in [0.15, 0.2) is 29.2 Å². The van der Waals surface area contributed by atoms with Crippen LogP contribution in [0.1, 0.15) is 32.6 Å². The molecule has 0 unspecified atom stereocenters. The van der Waals surface area contributed by atoms with E-state index in [2.05, 4.69) is 10.0 Å². The van der Waals surface area contributed by atoms with Crippen molar-refractivity contribution in [2.45, 2.75) is 37.5 Å². The predicted molar refractivity (Wildman–Crippen MR) is 81.9 cm³/mol. The molecule has 21 heavy (non-hydrogen) atoms. The number of hydrogen-bond donors (Lipinski definition) is 3. The van der Waals surface area contributed by atoms with Gasteiger partial charge in [0, 0.05) is 25.2 Å². The highest BCUT2D eigenvalue weighted by atomic mass is 32.2. The van der Waals surface area contributed by atoms with Gasteiger partial charge in [-0.3, -0.25) is 4.79 Å². The number of carboxylic acids is 1. The van der Waals surface area contributed by atoms with Gasteiger partial charge in [0.2, 0.25) is 10.0 Å². The van der Waals surface area contributed by atoms with Gasteiger partial charge in [-0.2, -0.15) is 0 Å². The monoisotopic (exact) mass is 314 g/mol. The fourth-order valence-corrected chi connectivity index (χ4v) is 2.84. The molecule has 1 aromatic rings. The van der Waals surface area contributed by atoms with E-state index in [1.165, 1.54) is 0 Å². The second kappa shape index (κ2) is 8.63. The van der Waals surface area contributed by atoms with E-state index >= 15 is 0 Å². The summed E-state index contributed by atoms with van der Waals surface area (Å²) in [5, 5.41) is 11.6. The van der Waals surface area contributed by atoms with E-state index in [1.807, 2.05) is 6.92 Å². The van der Waals surface area contributed by atoms with Crippen molar-refractivity contribution < 1.29 is 18.3 Å². The Labute approximate surface area is 125 Å². The van der Waals surface area contributed by atoms with Crippen molar-refractivity contribution in [2.24, 2.45) is 0 Å².